The molecule has 1 aliphatic rings. The van der Waals surface area contributed by atoms with Crippen molar-refractivity contribution in [2.75, 3.05) is 32.8 Å². The van der Waals surface area contributed by atoms with Crippen LogP contribution >= 0.6 is 0 Å². The number of ether oxygens (including phenoxy) is 1. The molecule has 2 N–H and O–H groups in total. The van der Waals surface area contributed by atoms with E-state index < -0.39 is 10.0 Å². The summed E-state index contributed by atoms with van der Waals surface area (Å²) >= 11 is 0. The van der Waals surface area contributed by atoms with Crippen LogP contribution in [-0.4, -0.2) is 56.6 Å². The molecule has 1 heterocycles. The summed E-state index contributed by atoms with van der Waals surface area (Å²) in [6, 6.07) is 4.85. The van der Waals surface area contributed by atoms with Gasteiger partial charge in [-0.2, -0.15) is 4.31 Å². The molecule has 8 heteroatoms. The van der Waals surface area contributed by atoms with Crippen molar-refractivity contribution in [2.24, 2.45) is 5.92 Å². The van der Waals surface area contributed by atoms with Crippen molar-refractivity contribution < 1.29 is 23.1 Å². The summed E-state index contributed by atoms with van der Waals surface area (Å²) in [7, 11) is -3.65. The van der Waals surface area contributed by atoms with Gasteiger partial charge in [0.15, 0.2) is 0 Å². The fraction of sp³-hybridized carbons (Fsp3) is 0.611. The van der Waals surface area contributed by atoms with Crippen molar-refractivity contribution in [3.63, 3.8) is 0 Å². The van der Waals surface area contributed by atoms with Crippen molar-refractivity contribution in [3.05, 3.63) is 23.8 Å². The van der Waals surface area contributed by atoms with Gasteiger partial charge in [-0.05, 0) is 56.9 Å². The number of benzene rings is 1. The molecule has 7 nitrogen and oxygen atoms in total. The minimum atomic E-state index is -3.65. The fourth-order valence-electron chi connectivity index (χ4n) is 3.06. The topological polar surface area (TPSA) is 95.9 Å². The second kappa shape index (κ2) is 9.34. The molecule has 0 bridgehead atoms. The van der Waals surface area contributed by atoms with Crippen LogP contribution in [0.2, 0.25) is 0 Å². The second-order valence-corrected chi connectivity index (χ2v) is 8.37. The van der Waals surface area contributed by atoms with Crippen LogP contribution < -0.4 is 10.1 Å². The Morgan fingerprint density at radius 3 is 2.85 bits per heavy atom. The third-order valence-electron chi connectivity index (χ3n) is 4.47. The zero-order valence-corrected chi connectivity index (χ0v) is 16.2. The first kappa shape index (κ1) is 20.7. The maximum atomic E-state index is 13.0. The van der Waals surface area contributed by atoms with Gasteiger partial charge in [0.1, 0.15) is 5.75 Å². The maximum absolute atomic E-state index is 13.0. The smallest absolute Gasteiger partial charge is 0.243 e. The molecular weight excluding hydrogens is 356 g/mol. The largest absolute Gasteiger partial charge is 0.494 e. The van der Waals surface area contributed by atoms with Crippen molar-refractivity contribution >= 4 is 15.9 Å². The molecule has 1 aromatic carbocycles. The number of aryl methyl sites for hydroxylation is 1. The van der Waals surface area contributed by atoms with Gasteiger partial charge < -0.3 is 15.2 Å². The molecule has 1 amide bonds. The lowest BCUT2D eigenvalue weighted by molar-refractivity contribution is -0.126. The van der Waals surface area contributed by atoms with Crippen LogP contribution in [-0.2, 0) is 14.8 Å². The van der Waals surface area contributed by atoms with E-state index in [1.165, 1.54) is 4.31 Å². The van der Waals surface area contributed by atoms with Gasteiger partial charge in [-0.15, -0.1) is 0 Å². The fourth-order valence-corrected chi connectivity index (χ4v) is 4.67. The SMILES string of the molecule is CCOc1ccc(S(=O)(=O)N2CCCC(C(=O)NCCCO)C2)cc1C. The molecular formula is C18H28N2O5S. The quantitative estimate of drug-likeness (QED) is 0.659. The van der Waals surface area contributed by atoms with Crippen LogP contribution in [0.15, 0.2) is 23.1 Å². The molecule has 146 valence electrons. The standard InChI is InChI=1S/C18H28N2O5S/c1-3-25-17-8-7-16(12-14(17)2)26(23,24)20-10-4-6-15(13-20)18(22)19-9-5-11-21/h7-8,12,15,21H,3-6,9-11,13H2,1-2H3,(H,19,22). The molecule has 0 spiro atoms. The first-order chi connectivity index (χ1) is 12.4. The average Bonchev–Trinajstić information content (AvgIpc) is 2.63. The molecule has 0 saturated carbocycles. The summed E-state index contributed by atoms with van der Waals surface area (Å²) in [5.41, 5.74) is 0.767. The Morgan fingerprint density at radius 1 is 1.42 bits per heavy atom. The minimum Gasteiger partial charge on any atom is -0.494 e. The van der Waals surface area contributed by atoms with Crippen LogP contribution in [0, 0.1) is 12.8 Å². The van der Waals surface area contributed by atoms with Crippen LogP contribution in [0.3, 0.4) is 0 Å². The van der Waals surface area contributed by atoms with E-state index in [1.54, 1.807) is 18.2 Å². The van der Waals surface area contributed by atoms with Crippen molar-refractivity contribution in [1.82, 2.24) is 9.62 Å². The van der Waals surface area contributed by atoms with E-state index in [4.69, 9.17) is 9.84 Å². The number of nitrogens with zero attached hydrogens (tertiary/aromatic N) is 1. The lowest BCUT2D eigenvalue weighted by Crippen LogP contribution is -2.45. The molecule has 1 saturated heterocycles. The van der Waals surface area contributed by atoms with Gasteiger partial charge in [-0.1, -0.05) is 0 Å². The first-order valence-corrected chi connectivity index (χ1v) is 10.5. The van der Waals surface area contributed by atoms with Gasteiger partial charge in [0.05, 0.1) is 17.4 Å². The van der Waals surface area contributed by atoms with Gasteiger partial charge in [-0.3, -0.25) is 4.79 Å². The second-order valence-electron chi connectivity index (χ2n) is 6.43. The third kappa shape index (κ3) is 4.96. The first-order valence-electron chi connectivity index (χ1n) is 9.02. The van der Waals surface area contributed by atoms with E-state index in [0.717, 1.165) is 5.56 Å². The molecule has 2 rings (SSSR count). The van der Waals surface area contributed by atoms with Crippen LogP contribution in [0.5, 0.6) is 5.75 Å². The monoisotopic (exact) mass is 384 g/mol. The van der Waals surface area contributed by atoms with Crippen LogP contribution in [0.4, 0.5) is 0 Å². The zero-order chi connectivity index (χ0) is 19.2. The van der Waals surface area contributed by atoms with Crippen molar-refractivity contribution in [2.45, 2.75) is 38.0 Å². The highest BCUT2D eigenvalue weighted by molar-refractivity contribution is 7.89. The Kier molecular flexibility index (Phi) is 7.43. The average molecular weight is 384 g/mol. The molecule has 0 radical (unpaired) electrons. The third-order valence-corrected chi connectivity index (χ3v) is 6.33. The summed E-state index contributed by atoms with van der Waals surface area (Å²) < 4.78 is 32.8. The predicted molar refractivity (Wildman–Crippen MR) is 98.5 cm³/mol. The van der Waals surface area contributed by atoms with E-state index in [2.05, 4.69) is 5.32 Å². The van der Waals surface area contributed by atoms with Crippen LogP contribution in [0.25, 0.3) is 0 Å². The summed E-state index contributed by atoms with van der Waals surface area (Å²) in [5, 5.41) is 11.6. The number of aliphatic hydroxyl groups excluding tert-OH is 1. The van der Waals surface area contributed by atoms with E-state index in [1.807, 2.05) is 13.8 Å². The van der Waals surface area contributed by atoms with Gasteiger partial charge in [0.2, 0.25) is 15.9 Å². The predicted octanol–water partition coefficient (Wildman–Crippen LogP) is 1.29. The Hall–Kier alpha value is -1.64. The Morgan fingerprint density at radius 2 is 2.19 bits per heavy atom. The molecule has 1 atom stereocenters. The number of sulfonamides is 1. The Balaban J connectivity index is 2.10. The number of carbonyl (C=O) groups excluding carboxylic acids is 1. The number of rotatable bonds is 8. The van der Waals surface area contributed by atoms with E-state index in [-0.39, 0.29) is 29.9 Å². The van der Waals surface area contributed by atoms with E-state index in [0.29, 0.717) is 44.7 Å². The minimum absolute atomic E-state index is 0.0164. The summed E-state index contributed by atoms with van der Waals surface area (Å²) in [6.07, 6.45) is 1.80. The number of aliphatic hydroxyl groups is 1. The van der Waals surface area contributed by atoms with Crippen molar-refractivity contribution in [3.8, 4) is 5.75 Å². The Bertz CT molecular complexity index is 720. The normalized spacial score (nSPS) is 18.5. The molecule has 1 aromatic rings. The summed E-state index contributed by atoms with van der Waals surface area (Å²) in [5.74, 6) is 0.161. The zero-order valence-electron chi connectivity index (χ0n) is 15.4. The highest BCUT2D eigenvalue weighted by atomic mass is 32.2. The number of hydrogen-bond acceptors (Lipinski definition) is 5. The maximum Gasteiger partial charge on any atom is 0.243 e. The molecule has 1 aliphatic heterocycles. The van der Waals surface area contributed by atoms with Crippen molar-refractivity contribution in [1.29, 1.82) is 0 Å². The Labute approximate surface area is 155 Å². The van der Waals surface area contributed by atoms with E-state index >= 15 is 0 Å². The summed E-state index contributed by atoms with van der Waals surface area (Å²) in [4.78, 5) is 12.4. The lowest BCUT2D eigenvalue weighted by Gasteiger charge is -2.31. The molecule has 1 unspecified atom stereocenters. The van der Waals surface area contributed by atoms with Gasteiger partial charge in [0, 0.05) is 26.2 Å². The number of hydrogen-bond donors (Lipinski definition) is 2. The molecule has 0 aromatic heterocycles. The number of nitrogens with one attached hydrogen (secondary N) is 1. The number of piperidine rings is 1. The number of amides is 1. The number of carbonyl (C=O) groups is 1. The van der Waals surface area contributed by atoms with Gasteiger partial charge in [0.25, 0.3) is 0 Å². The summed E-state index contributed by atoms with van der Waals surface area (Å²) in [6.45, 7) is 5.22. The van der Waals surface area contributed by atoms with Gasteiger partial charge in [-0.25, -0.2) is 8.42 Å². The molecule has 0 aliphatic carbocycles. The molecule has 26 heavy (non-hydrogen) atoms. The highest BCUT2D eigenvalue weighted by Gasteiger charge is 2.33. The highest BCUT2D eigenvalue weighted by Crippen LogP contribution is 2.27. The van der Waals surface area contributed by atoms with Crippen LogP contribution in [0.1, 0.15) is 31.7 Å². The van der Waals surface area contributed by atoms with Gasteiger partial charge >= 0.3 is 0 Å². The van der Waals surface area contributed by atoms with E-state index in [9.17, 15) is 13.2 Å². The lowest BCUT2D eigenvalue weighted by atomic mass is 9.99. The molecule has 1 fully saturated rings.